The summed E-state index contributed by atoms with van der Waals surface area (Å²) in [5.41, 5.74) is 0. The molecule has 0 fully saturated rings. The number of phosphoric acid groups is 1. The molecule has 0 N–H and O–H groups in total. The summed E-state index contributed by atoms with van der Waals surface area (Å²) in [7, 11) is 1.11. The highest BCUT2D eigenvalue weighted by Crippen LogP contribution is 2.38. The summed E-state index contributed by atoms with van der Waals surface area (Å²) in [4.78, 5) is 37.9. The number of allylic oxidation sites excluding steroid dienone is 26. The molecule has 2 atom stereocenters. The fourth-order valence-corrected chi connectivity index (χ4v) is 8.65. The molecule has 0 saturated carbocycles. The highest BCUT2D eigenvalue weighted by Gasteiger charge is 2.21. The number of nitrogens with zero attached hydrogens (tertiary/aromatic N) is 1. The van der Waals surface area contributed by atoms with Gasteiger partial charge in [-0.1, -0.05) is 242 Å². The van der Waals surface area contributed by atoms with Crippen LogP contribution in [-0.2, 0) is 32.7 Å². The number of rotatable bonds is 56. The van der Waals surface area contributed by atoms with Crippen LogP contribution in [0.2, 0.25) is 0 Å². The maximum Gasteiger partial charge on any atom is 0.306 e. The largest absolute Gasteiger partial charge is 0.756 e. The van der Waals surface area contributed by atoms with Crippen molar-refractivity contribution in [1.29, 1.82) is 0 Å². The van der Waals surface area contributed by atoms with E-state index in [0.717, 1.165) is 116 Å². The van der Waals surface area contributed by atoms with E-state index in [1.807, 2.05) is 21.1 Å². The van der Waals surface area contributed by atoms with Gasteiger partial charge in [0.2, 0.25) is 0 Å². The van der Waals surface area contributed by atoms with Gasteiger partial charge < -0.3 is 27.9 Å². The van der Waals surface area contributed by atoms with Gasteiger partial charge in [-0.2, -0.15) is 0 Å². The number of likely N-dealkylation sites (N-methyl/N-ethyl adjacent to an activating group) is 1. The van der Waals surface area contributed by atoms with Crippen molar-refractivity contribution in [2.24, 2.45) is 0 Å². The van der Waals surface area contributed by atoms with Crippen molar-refractivity contribution in [2.45, 2.75) is 232 Å². The number of unbranched alkanes of at least 4 members (excludes halogenated alkanes) is 16. The topological polar surface area (TPSA) is 111 Å². The summed E-state index contributed by atoms with van der Waals surface area (Å²) in [6.45, 7) is 4.05. The molecule has 81 heavy (non-hydrogen) atoms. The van der Waals surface area contributed by atoms with E-state index in [9.17, 15) is 19.0 Å². The van der Waals surface area contributed by atoms with Crippen molar-refractivity contribution in [2.75, 3.05) is 47.5 Å². The molecule has 0 rings (SSSR count). The number of esters is 2. The molecule has 0 radical (unpaired) electrons. The van der Waals surface area contributed by atoms with Gasteiger partial charge in [-0.05, 0) is 128 Å². The Morgan fingerprint density at radius 1 is 0.395 bits per heavy atom. The molecule has 458 valence electrons. The minimum Gasteiger partial charge on any atom is -0.756 e. The zero-order valence-corrected chi connectivity index (χ0v) is 52.8. The third-order valence-electron chi connectivity index (χ3n) is 12.8. The number of phosphoric ester groups is 1. The molecule has 0 bridgehead atoms. The van der Waals surface area contributed by atoms with E-state index in [-0.39, 0.29) is 26.1 Å². The summed E-state index contributed by atoms with van der Waals surface area (Å²) < 4.78 is 34.1. The lowest BCUT2D eigenvalue weighted by molar-refractivity contribution is -0.870. The fourth-order valence-electron chi connectivity index (χ4n) is 7.92. The lowest BCUT2D eigenvalue weighted by Gasteiger charge is -2.28. The Hall–Kier alpha value is -4.37. The Morgan fingerprint density at radius 3 is 1.09 bits per heavy atom. The van der Waals surface area contributed by atoms with Crippen molar-refractivity contribution in [3.63, 3.8) is 0 Å². The van der Waals surface area contributed by atoms with Crippen LogP contribution >= 0.6 is 7.82 Å². The first kappa shape index (κ1) is 76.6. The maximum atomic E-state index is 12.8. The third kappa shape index (κ3) is 64.7. The van der Waals surface area contributed by atoms with Crippen molar-refractivity contribution in [3.8, 4) is 0 Å². The molecule has 9 nitrogen and oxygen atoms in total. The number of hydrogen-bond donors (Lipinski definition) is 0. The Balaban J connectivity index is 4.25. The first-order chi connectivity index (χ1) is 39.5. The standard InChI is InChI=1S/C71H116NO8P/c1-6-8-10-12-14-16-18-20-22-24-26-27-28-29-30-31-32-33-34-35-36-37-38-39-40-41-42-43-44-45-46-48-50-52-54-56-58-60-62-64-71(74)80-69(68-79-81(75,76)78-66-65-72(3,4)5)67-77-70(73)63-61-59-57-55-53-51-49-47-25-23-21-19-17-15-13-11-9-7-2/h8,10,14,16,20,22-23,25-27,29-30,32-33,35-36,38-39,41-42,44-45,48,50,54,56,69H,6-7,9,11-13,15,17-19,21,24,28,31,34,37,40,43,46-47,49,51-53,55,57-68H2,1-5H3/b10-8-,16-14-,22-20-,25-23-,27-26-,30-29-,33-32-,36-35-,39-38-,42-41-,45-44-,50-48-,56-54-. The summed E-state index contributed by atoms with van der Waals surface area (Å²) in [6.07, 6.45) is 90.2. The van der Waals surface area contributed by atoms with Crippen molar-refractivity contribution in [1.82, 2.24) is 0 Å². The van der Waals surface area contributed by atoms with Gasteiger partial charge in [-0.3, -0.25) is 14.2 Å². The van der Waals surface area contributed by atoms with Crippen LogP contribution in [0.5, 0.6) is 0 Å². The second-order valence-corrected chi connectivity index (χ2v) is 23.1. The molecule has 0 aliphatic carbocycles. The highest BCUT2D eigenvalue weighted by atomic mass is 31.2. The predicted molar refractivity (Wildman–Crippen MR) is 346 cm³/mol. The van der Waals surface area contributed by atoms with Gasteiger partial charge in [0.05, 0.1) is 27.7 Å². The molecular weight excluding hydrogens is 1030 g/mol. The lowest BCUT2D eigenvalue weighted by Crippen LogP contribution is -2.37. The molecule has 10 heteroatoms. The van der Waals surface area contributed by atoms with Gasteiger partial charge in [0.1, 0.15) is 19.8 Å². The first-order valence-corrected chi connectivity index (χ1v) is 33.2. The molecule has 0 heterocycles. The van der Waals surface area contributed by atoms with Crippen molar-refractivity contribution in [3.05, 3.63) is 158 Å². The number of carbonyl (C=O) groups excluding carboxylic acids is 2. The fraction of sp³-hybridized carbons (Fsp3) is 0.606. The first-order valence-electron chi connectivity index (χ1n) is 31.7. The zero-order chi connectivity index (χ0) is 59.1. The summed E-state index contributed by atoms with van der Waals surface area (Å²) in [5, 5.41) is 0. The number of quaternary nitrogens is 1. The molecule has 0 spiro atoms. The van der Waals surface area contributed by atoms with Crippen LogP contribution in [0.1, 0.15) is 226 Å². The molecule has 0 aromatic heterocycles. The van der Waals surface area contributed by atoms with Gasteiger partial charge in [-0.25, -0.2) is 0 Å². The monoisotopic (exact) mass is 1140 g/mol. The van der Waals surface area contributed by atoms with Gasteiger partial charge in [0.15, 0.2) is 6.10 Å². The molecule has 0 amide bonds. The van der Waals surface area contributed by atoms with Crippen LogP contribution in [0.25, 0.3) is 0 Å². The third-order valence-corrected chi connectivity index (χ3v) is 13.7. The SMILES string of the molecule is CC/C=C\C/C=C\C/C=C\C/C=C\C/C=C\C/C=C\C/C=C\C/C=C\C/C=C\C/C=C\C/C=C\C/C=C\CCCCC(=O)OC(COC(=O)CCCCCCCCC/C=C\CCCCCCCCC)COP(=O)([O-])OCC[N+](C)(C)C. The van der Waals surface area contributed by atoms with E-state index in [1.54, 1.807) is 0 Å². The van der Waals surface area contributed by atoms with Crippen LogP contribution in [0.3, 0.4) is 0 Å². The van der Waals surface area contributed by atoms with E-state index in [1.165, 1.54) is 70.6 Å². The van der Waals surface area contributed by atoms with Crippen LogP contribution in [0.4, 0.5) is 0 Å². The van der Waals surface area contributed by atoms with Crippen LogP contribution in [0.15, 0.2) is 158 Å². The average molecular weight is 1140 g/mol. The Morgan fingerprint density at radius 2 is 0.704 bits per heavy atom. The minimum absolute atomic E-state index is 0.0483. The minimum atomic E-state index is -4.66. The average Bonchev–Trinajstić information content (AvgIpc) is 3.43. The smallest absolute Gasteiger partial charge is 0.306 e. The van der Waals surface area contributed by atoms with Crippen LogP contribution in [0, 0.1) is 0 Å². The molecule has 0 saturated heterocycles. The zero-order valence-electron chi connectivity index (χ0n) is 51.9. The van der Waals surface area contributed by atoms with Crippen LogP contribution < -0.4 is 4.89 Å². The van der Waals surface area contributed by atoms with Gasteiger partial charge >= 0.3 is 11.9 Å². The van der Waals surface area contributed by atoms with Crippen molar-refractivity contribution < 1.29 is 42.1 Å². The predicted octanol–water partition coefficient (Wildman–Crippen LogP) is 19.8. The van der Waals surface area contributed by atoms with Gasteiger partial charge in [-0.15, -0.1) is 0 Å². The van der Waals surface area contributed by atoms with E-state index in [0.29, 0.717) is 23.9 Å². The lowest BCUT2D eigenvalue weighted by atomic mass is 10.1. The summed E-state index contributed by atoms with van der Waals surface area (Å²) in [6, 6.07) is 0. The second-order valence-electron chi connectivity index (χ2n) is 21.7. The molecule has 0 aromatic rings. The quantitative estimate of drug-likeness (QED) is 0.0195. The van der Waals surface area contributed by atoms with E-state index in [2.05, 4.69) is 172 Å². The van der Waals surface area contributed by atoms with Crippen LogP contribution in [-0.4, -0.2) is 70.0 Å². The molecule has 0 aliphatic rings. The second kappa shape index (κ2) is 60.2. The van der Waals surface area contributed by atoms with Crippen molar-refractivity contribution >= 4 is 19.8 Å². The number of ether oxygens (including phenoxy) is 2. The number of carbonyl (C=O) groups is 2. The Bertz CT molecular complexity index is 1920. The Kier molecular flexibility index (Phi) is 57.0. The molecule has 0 aliphatic heterocycles. The van der Waals surface area contributed by atoms with Gasteiger partial charge in [0.25, 0.3) is 7.82 Å². The van der Waals surface area contributed by atoms with E-state index >= 15 is 0 Å². The Labute approximate surface area is 496 Å². The molecular formula is C71H116NO8P. The van der Waals surface area contributed by atoms with E-state index in [4.69, 9.17) is 18.5 Å². The van der Waals surface area contributed by atoms with Gasteiger partial charge in [0, 0.05) is 12.8 Å². The van der Waals surface area contributed by atoms with E-state index < -0.39 is 32.5 Å². The molecule has 2 unspecified atom stereocenters. The molecule has 0 aromatic carbocycles. The highest BCUT2D eigenvalue weighted by molar-refractivity contribution is 7.45. The number of hydrogen-bond acceptors (Lipinski definition) is 8. The summed E-state index contributed by atoms with van der Waals surface area (Å²) in [5.74, 6) is -0.900. The normalized spacial score (nSPS) is 14.3. The summed E-state index contributed by atoms with van der Waals surface area (Å²) >= 11 is 0. The maximum absolute atomic E-state index is 12.8.